The van der Waals surface area contributed by atoms with Crippen LogP contribution in [-0.2, 0) is 4.79 Å². The van der Waals surface area contributed by atoms with E-state index in [2.05, 4.69) is 5.16 Å². The van der Waals surface area contributed by atoms with Crippen molar-refractivity contribution in [3.05, 3.63) is 64.4 Å². The summed E-state index contributed by atoms with van der Waals surface area (Å²) in [4.78, 5) is 11.6. The number of aliphatic carboxylic acids is 1. The van der Waals surface area contributed by atoms with Crippen LogP contribution in [0.15, 0.2) is 59.1 Å². The number of fused-ring (bicyclic) bond motifs is 1. The molecule has 2 aromatic carbocycles. The molecular weight excluding hydrogens is 314 g/mol. The van der Waals surface area contributed by atoms with E-state index in [-0.39, 0.29) is 0 Å². The van der Waals surface area contributed by atoms with E-state index in [4.69, 9.17) is 9.84 Å². The van der Waals surface area contributed by atoms with E-state index >= 15 is 0 Å². The third-order valence-corrected chi connectivity index (χ3v) is 4.22. The van der Waals surface area contributed by atoms with E-state index in [1.54, 1.807) is 12.1 Å². The van der Waals surface area contributed by atoms with Gasteiger partial charge in [0, 0.05) is 10.9 Å². The number of oxime groups is 1. The van der Waals surface area contributed by atoms with Crippen LogP contribution in [0.2, 0.25) is 0 Å². The van der Waals surface area contributed by atoms with E-state index < -0.39 is 12.6 Å². The molecule has 2 N–H and O–H groups in total. The maximum Gasteiger partial charge on any atom is 0.341 e. The minimum Gasteiger partial charge on any atom is -0.481 e. The first-order chi connectivity index (χ1) is 11.2. The fraction of sp³-hybridized carbons (Fsp3) is 0.0588. The summed E-state index contributed by atoms with van der Waals surface area (Å²) in [5.74, 6) is -0.551. The Kier molecular flexibility index (Phi) is 4.25. The van der Waals surface area contributed by atoms with E-state index in [0.717, 1.165) is 21.2 Å². The van der Waals surface area contributed by atoms with Gasteiger partial charge in [-0.25, -0.2) is 4.79 Å². The summed E-state index contributed by atoms with van der Waals surface area (Å²) in [5, 5.41) is 25.2. The predicted octanol–water partition coefficient (Wildman–Crippen LogP) is 3.59. The zero-order valence-corrected chi connectivity index (χ0v) is 12.8. The molecule has 0 unspecified atom stereocenters. The molecule has 3 aromatic rings. The molecule has 0 fully saturated rings. The number of benzene rings is 2. The zero-order valence-electron chi connectivity index (χ0n) is 12.0. The largest absolute Gasteiger partial charge is 0.481 e. The second-order valence-corrected chi connectivity index (χ2v) is 5.71. The molecule has 1 heterocycles. The van der Waals surface area contributed by atoms with Crippen LogP contribution >= 0.6 is 11.3 Å². The van der Waals surface area contributed by atoms with Gasteiger partial charge in [-0.15, -0.1) is 11.3 Å². The minimum atomic E-state index is -1.03. The molecule has 0 atom stereocenters. The highest BCUT2D eigenvalue weighted by Crippen LogP contribution is 2.31. The molecule has 0 aliphatic carbocycles. The standard InChI is InChI=1S/C17H13NO4S/c19-16(20)10-22-14-8-7-13(11-4-1-2-5-12(11)14)17(18-21)15-6-3-9-23-15/h1-9,21H,10H2,(H,19,20). The number of hydrogen-bond donors (Lipinski definition) is 2. The summed E-state index contributed by atoms with van der Waals surface area (Å²) in [5.41, 5.74) is 1.23. The second kappa shape index (κ2) is 6.50. The molecule has 3 rings (SSSR count). The molecule has 0 saturated carbocycles. The molecule has 0 aliphatic rings. The van der Waals surface area contributed by atoms with Gasteiger partial charge >= 0.3 is 5.97 Å². The number of ether oxygens (including phenoxy) is 1. The van der Waals surface area contributed by atoms with Crippen molar-refractivity contribution in [2.45, 2.75) is 0 Å². The van der Waals surface area contributed by atoms with E-state index in [9.17, 15) is 10.0 Å². The van der Waals surface area contributed by atoms with Gasteiger partial charge in [0.1, 0.15) is 11.5 Å². The molecule has 0 radical (unpaired) electrons. The first kappa shape index (κ1) is 15.1. The minimum absolute atomic E-state index is 0.408. The smallest absolute Gasteiger partial charge is 0.341 e. The molecule has 0 spiro atoms. The van der Waals surface area contributed by atoms with Crippen LogP contribution in [0.5, 0.6) is 5.75 Å². The van der Waals surface area contributed by atoms with Crippen molar-refractivity contribution in [1.29, 1.82) is 0 Å². The maximum absolute atomic E-state index is 10.7. The molecule has 1 aromatic heterocycles. The quantitative estimate of drug-likeness (QED) is 0.426. The van der Waals surface area contributed by atoms with Gasteiger partial charge in [0.05, 0.1) is 4.88 Å². The number of carbonyl (C=O) groups is 1. The number of thiophene rings is 1. The molecule has 0 bridgehead atoms. The third-order valence-electron chi connectivity index (χ3n) is 3.34. The molecule has 0 saturated heterocycles. The fourth-order valence-corrected chi connectivity index (χ4v) is 3.12. The fourth-order valence-electron chi connectivity index (χ4n) is 2.39. The number of rotatable bonds is 5. The Morgan fingerprint density at radius 1 is 1.09 bits per heavy atom. The van der Waals surface area contributed by atoms with Gasteiger partial charge in [0.2, 0.25) is 0 Å². The van der Waals surface area contributed by atoms with Crippen LogP contribution in [0.4, 0.5) is 0 Å². The Morgan fingerprint density at radius 2 is 1.87 bits per heavy atom. The van der Waals surface area contributed by atoms with Gasteiger partial charge in [-0.1, -0.05) is 35.5 Å². The highest BCUT2D eigenvalue weighted by atomic mass is 32.1. The molecule has 116 valence electrons. The summed E-state index contributed by atoms with van der Waals surface area (Å²) >= 11 is 1.48. The first-order valence-electron chi connectivity index (χ1n) is 6.83. The number of carboxylic acids is 1. The van der Waals surface area contributed by atoms with Crippen molar-refractivity contribution in [2.75, 3.05) is 6.61 Å². The second-order valence-electron chi connectivity index (χ2n) is 4.77. The Labute approximate surface area is 136 Å². The van der Waals surface area contributed by atoms with Gasteiger partial charge < -0.3 is 15.1 Å². The molecule has 0 amide bonds. The van der Waals surface area contributed by atoms with Crippen LogP contribution in [0.1, 0.15) is 10.4 Å². The Morgan fingerprint density at radius 3 is 2.52 bits per heavy atom. The maximum atomic E-state index is 10.7. The highest BCUT2D eigenvalue weighted by Gasteiger charge is 2.15. The van der Waals surface area contributed by atoms with Crippen molar-refractivity contribution in [1.82, 2.24) is 0 Å². The summed E-state index contributed by atoms with van der Waals surface area (Å²) in [6.07, 6.45) is 0. The van der Waals surface area contributed by atoms with Gasteiger partial charge in [-0.3, -0.25) is 0 Å². The zero-order chi connectivity index (χ0) is 16.2. The van der Waals surface area contributed by atoms with E-state index in [1.165, 1.54) is 11.3 Å². The van der Waals surface area contributed by atoms with Crippen molar-refractivity contribution in [3.8, 4) is 5.75 Å². The average Bonchev–Trinajstić information content (AvgIpc) is 3.08. The lowest BCUT2D eigenvalue weighted by Gasteiger charge is -2.12. The molecule has 5 nitrogen and oxygen atoms in total. The monoisotopic (exact) mass is 327 g/mol. The lowest BCUT2D eigenvalue weighted by atomic mass is 9.99. The summed E-state index contributed by atoms with van der Waals surface area (Å²) < 4.78 is 5.34. The average molecular weight is 327 g/mol. The van der Waals surface area contributed by atoms with Crippen LogP contribution in [-0.4, -0.2) is 28.6 Å². The normalized spacial score (nSPS) is 11.6. The summed E-state index contributed by atoms with van der Waals surface area (Å²) in [7, 11) is 0. The molecule has 0 aliphatic heterocycles. The Hall–Kier alpha value is -2.86. The Bertz CT molecular complexity index is 871. The van der Waals surface area contributed by atoms with Gasteiger partial charge in [-0.2, -0.15) is 0 Å². The number of carboxylic acid groups (broad SMARTS) is 1. The molecular formula is C17H13NO4S. The lowest BCUT2D eigenvalue weighted by molar-refractivity contribution is -0.139. The molecule has 6 heteroatoms. The van der Waals surface area contributed by atoms with Gasteiger partial charge in [0.15, 0.2) is 6.61 Å². The lowest BCUT2D eigenvalue weighted by Crippen LogP contribution is -2.10. The topological polar surface area (TPSA) is 79.1 Å². The highest BCUT2D eigenvalue weighted by molar-refractivity contribution is 7.12. The van der Waals surface area contributed by atoms with Crippen LogP contribution in [0, 0.1) is 0 Å². The van der Waals surface area contributed by atoms with Gasteiger partial charge in [0.25, 0.3) is 0 Å². The van der Waals surface area contributed by atoms with Crippen LogP contribution < -0.4 is 4.74 Å². The predicted molar refractivity (Wildman–Crippen MR) is 88.8 cm³/mol. The third kappa shape index (κ3) is 3.02. The van der Waals surface area contributed by atoms with Crippen LogP contribution in [0.25, 0.3) is 10.8 Å². The molecule has 23 heavy (non-hydrogen) atoms. The SMILES string of the molecule is O=C(O)COc1ccc(C(=NO)c2cccs2)c2ccccc12. The van der Waals surface area contributed by atoms with E-state index in [1.807, 2.05) is 41.8 Å². The number of hydrogen-bond acceptors (Lipinski definition) is 5. The summed E-state index contributed by atoms with van der Waals surface area (Å²) in [6, 6.07) is 14.7. The van der Waals surface area contributed by atoms with Crippen LogP contribution in [0.3, 0.4) is 0 Å². The first-order valence-corrected chi connectivity index (χ1v) is 7.71. The van der Waals surface area contributed by atoms with Crippen molar-refractivity contribution in [3.63, 3.8) is 0 Å². The van der Waals surface area contributed by atoms with E-state index in [0.29, 0.717) is 11.5 Å². The van der Waals surface area contributed by atoms with Crippen molar-refractivity contribution < 1.29 is 19.8 Å². The summed E-state index contributed by atoms with van der Waals surface area (Å²) in [6.45, 7) is -0.408. The Balaban J connectivity index is 2.13. The number of nitrogens with zero attached hydrogens (tertiary/aromatic N) is 1. The van der Waals surface area contributed by atoms with Crippen molar-refractivity contribution >= 4 is 33.8 Å². The van der Waals surface area contributed by atoms with Gasteiger partial charge in [-0.05, 0) is 29.0 Å². The van der Waals surface area contributed by atoms with Crippen molar-refractivity contribution in [2.24, 2.45) is 5.16 Å².